The molecule has 0 amide bonds. The Balaban J connectivity index is 1.76. The summed E-state index contributed by atoms with van der Waals surface area (Å²) in [6, 6.07) is 17.5. The van der Waals surface area contributed by atoms with Gasteiger partial charge in [-0.15, -0.1) is 5.10 Å². The van der Waals surface area contributed by atoms with Crippen molar-refractivity contribution in [2.75, 3.05) is 7.11 Å². The normalized spacial score (nSPS) is 12.0. The van der Waals surface area contributed by atoms with Gasteiger partial charge in [-0.2, -0.15) is 0 Å². The van der Waals surface area contributed by atoms with Crippen LogP contribution in [-0.4, -0.2) is 33.2 Å². The molecule has 7 heteroatoms. The van der Waals surface area contributed by atoms with Crippen LogP contribution >= 0.6 is 0 Å². The van der Waals surface area contributed by atoms with Crippen molar-refractivity contribution >= 4 is 17.0 Å². The van der Waals surface area contributed by atoms with E-state index in [-0.39, 0.29) is 31.5 Å². The van der Waals surface area contributed by atoms with Gasteiger partial charge in [-0.3, -0.25) is 4.79 Å². The SMILES string of the molecule is CCn1nnc2c(C)c(C(CC(=O)OCc3ccccc3)c3ccc(C)c(CO)c3)cc(OC)c21. The fourth-order valence-electron chi connectivity index (χ4n) is 4.45. The zero-order chi connectivity index (χ0) is 24.9. The van der Waals surface area contributed by atoms with Gasteiger partial charge < -0.3 is 14.6 Å². The Morgan fingerprint density at radius 2 is 1.89 bits per heavy atom. The highest BCUT2D eigenvalue weighted by atomic mass is 16.5. The second kappa shape index (κ2) is 10.7. The topological polar surface area (TPSA) is 86.5 Å². The first-order chi connectivity index (χ1) is 17.0. The van der Waals surface area contributed by atoms with Crippen LogP contribution in [0.5, 0.6) is 5.75 Å². The number of nitrogens with zero attached hydrogens (tertiary/aromatic N) is 3. The lowest BCUT2D eigenvalue weighted by Gasteiger charge is -2.22. The molecule has 1 heterocycles. The number of benzene rings is 3. The predicted molar refractivity (Wildman–Crippen MR) is 134 cm³/mol. The molecule has 1 unspecified atom stereocenters. The number of hydrogen-bond acceptors (Lipinski definition) is 6. The molecule has 0 bridgehead atoms. The molecule has 182 valence electrons. The van der Waals surface area contributed by atoms with Gasteiger partial charge in [-0.05, 0) is 60.2 Å². The minimum Gasteiger partial charge on any atom is -0.494 e. The van der Waals surface area contributed by atoms with Gasteiger partial charge in [-0.25, -0.2) is 4.68 Å². The van der Waals surface area contributed by atoms with E-state index in [0.29, 0.717) is 12.3 Å². The van der Waals surface area contributed by atoms with E-state index < -0.39 is 0 Å². The van der Waals surface area contributed by atoms with Crippen LogP contribution in [0.2, 0.25) is 0 Å². The Morgan fingerprint density at radius 3 is 2.57 bits per heavy atom. The molecule has 35 heavy (non-hydrogen) atoms. The number of aliphatic hydroxyl groups is 1. The molecule has 0 saturated carbocycles. The first-order valence-corrected chi connectivity index (χ1v) is 11.8. The average Bonchev–Trinajstić information content (AvgIpc) is 3.33. The number of esters is 1. The third-order valence-electron chi connectivity index (χ3n) is 6.50. The van der Waals surface area contributed by atoms with E-state index in [1.165, 1.54) is 0 Å². The Labute approximate surface area is 205 Å². The third kappa shape index (κ3) is 5.05. The lowest BCUT2D eigenvalue weighted by molar-refractivity contribution is -0.145. The largest absolute Gasteiger partial charge is 0.494 e. The van der Waals surface area contributed by atoms with Gasteiger partial charge in [0.15, 0.2) is 0 Å². The summed E-state index contributed by atoms with van der Waals surface area (Å²) in [5.74, 6) is 0.0412. The second-order valence-corrected chi connectivity index (χ2v) is 8.64. The lowest BCUT2D eigenvalue weighted by atomic mass is 9.84. The van der Waals surface area contributed by atoms with Crippen molar-refractivity contribution in [2.45, 2.75) is 52.9 Å². The predicted octanol–water partition coefficient (Wildman–Crippen LogP) is 4.83. The molecule has 0 aliphatic rings. The smallest absolute Gasteiger partial charge is 0.307 e. The summed E-state index contributed by atoms with van der Waals surface area (Å²) in [4.78, 5) is 13.0. The van der Waals surface area contributed by atoms with E-state index in [0.717, 1.165) is 44.4 Å². The molecular formula is C28H31N3O4. The van der Waals surface area contributed by atoms with Gasteiger partial charge in [0.1, 0.15) is 23.4 Å². The summed E-state index contributed by atoms with van der Waals surface area (Å²) in [6.45, 7) is 6.77. The van der Waals surface area contributed by atoms with Gasteiger partial charge in [-0.1, -0.05) is 53.7 Å². The highest BCUT2D eigenvalue weighted by Gasteiger charge is 2.26. The van der Waals surface area contributed by atoms with E-state index in [1.54, 1.807) is 7.11 Å². The molecule has 0 saturated heterocycles. The van der Waals surface area contributed by atoms with Gasteiger partial charge in [0.25, 0.3) is 0 Å². The van der Waals surface area contributed by atoms with Crippen LogP contribution in [0.4, 0.5) is 0 Å². The zero-order valence-electron chi connectivity index (χ0n) is 20.6. The van der Waals surface area contributed by atoms with Crippen molar-refractivity contribution in [1.82, 2.24) is 15.0 Å². The monoisotopic (exact) mass is 473 g/mol. The van der Waals surface area contributed by atoms with Crippen molar-refractivity contribution in [2.24, 2.45) is 0 Å². The molecule has 1 N–H and O–H groups in total. The summed E-state index contributed by atoms with van der Waals surface area (Å²) in [6.07, 6.45) is 0.137. The van der Waals surface area contributed by atoms with Crippen molar-refractivity contribution in [1.29, 1.82) is 0 Å². The maximum Gasteiger partial charge on any atom is 0.307 e. The Morgan fingerprint density at radius 1 is 1.11 bits per heavy atom. The van der Waals surface area contributed by atoms with Gasteiger partial charge in [0, 0.05) is 12.5 Å². The maximum atomic E-state index is 13.0. The number of carbonyl (C=O) groups is 1. The van der Waals surface area contributed by atoms with E-state index in [9.17, 15) is 9.90 Å². The standard InChI is InChI=1S/C28H31N3O4/c1-5-31-28-25(34-4)14-23(19(3)27(28)29-30-31)24(21-12-11-18(2)22(13-21)16-32)15-26(33)35-17-20-9-7-6-8-10-20/h6-14,24,32H,5,15-17H2,1-4H3. The fourth-order valence-corrected chi connectivity index (χ4v) is 4.45. The number of ether oxygens (including phenoxy) is 2. The molecule has 0 aliphatic carbocycles. The van der Waals surface area contributed by atoms with Crippen LogP contribution in [0.15, 0.2) is 54.6 Å². The molecule has 3 aromatic carbocycles. The van der Waals surface area contributed by atoms with Crippen molar-refractivity contribution in [3.8, 4) is 5.75 Å². The average molecular weight is 474 g/mol. The second-order valence-electron chi connectivity index (χ2n) is 8.64. The minimum absolute atomic E-state index is 0.0724. The fraction of sp³-hybridized carbons (Fsp3) is 0.321. The number of fused-ring (bicyclic) bond motifs is 1. The number of hydrogen-bond donors (Lipinski definition) is 1. The van der Waals surface area contributed by atoms with Crippen LogP contribution < -0.4 is 4.74 Å². The molecular weight excluding hydrogens is 442 g/mol. The van der Waals surface area contributed by atoms with Crippen LogP contribution in [0.1, 0.15) is 52.6 Å². The van der Waals surface area contributed by atoms with Gasteiger partial charge in [0.2, 0.25) is 0 Å². The van der Waals surface area contributed by atoms with Crippen molar-refractivity contribution in [3.05, 3.63) is 88.0 Å². The zero-order valence-corrected chi connectivity index (χ0v) is 20.6. The molecule has 0 fully saturated rings. The van der Waals surface area contributed by atoms with Crippen LogP contribution in [0.3, 0.4) is 0 Å². The van der Waals surface area contributed by atoms with Crippen LogP contribution in [0, 0.1) is 13.8 Å². The summed E-state index contributed by atoms with van der Waals surface area (Å²) < 4.78 is 13.2. The molecule has 1 aromatic heterocycles. The van der Waals surface area contributed by atoms with E-state index in [2.05, 4.69) is 10.3 Å². The minimum atomic E-state index is -0.311. The molecule has 1 atom stereocenters. The first kappa shape index (κ1) is 24.4. The molecule has 0 aliphatic heterocycles. The number of aryl methyl sites for hydroxylation is 3. The lowest BCUT2D eigenvalue weighted by Crippen LogP contribution is -2.14. The highest BCUT2D eigenvalue weighted by Crippen LogP contribution is 2.38. The van der Waals surface area contributed by atoms with Crippen molar-refractivity contribution < 1.29 is 19.4 Å². The van der Waals surface area contributed by atoms with Gasteiger partial charge in [0.05, 0.1) is 20.1 Å². The van der Waals surface area contributed by atoms with Crippen LogP contribution in [-0.2, 0) is 29.3 Å². The summed E-state index contributed by atoms with van der Waals surface area (Å²) in [5.41, 5.74) is 7.12. The Kier molecular flexibility index (Phi) is 7.46. The summed E-state index contributed by atoms with van der Waals surface area (Å²) in [5, 5.41) is 18.6. The number of rotatable bonds is 9. The Hall–Kier alpha value is -3.71. The number of aromatic nitrogens is 3. The number of aliphatic hydroxyl groups excluding tert-OH is 1. The molecule has 0 radical (unpaired) electrons. The number of carbonyl (C=O) groups excluding carboxylic acids is 1. The van der Waals surface area contributed by atoms with E-state index in [1.807, 2.05) is 80.1 Å². The highest BCUT2D eigenvalue weighted by molar-refractivity contribution is 5.86. The molecule has 0 spiro atoms. The van der Waals surface area contributed by atoms with Gasteiger partial charge >= 0.3 is 5.97 Å². The van der Waals surface area contributed by atoms with E-state index >= 15 is 0 Å². The van der Waals surface area contributed by atoms with Crippen molar-refractivity contribution in [3.63, 3.8) is 0 Å². The number of methoxy groups -OCH3 is 1. The summed E-state index contributed by atoms with van der Waals surface area (Å²) in [7, 11) is 1.62. The quantitative estimate of drug-likeness (QED) is 0.350. The van der Waals surface area contributed by atoms with E-state index in [4.69, 9.17) is 9.47 Å². The molecule has 4 rings (SSSR count). The third-order valence-corrected chi connectivity index (χ3v) is 6.50. The molecule has 4 aromatic rings. The summed E-state index contributed by atoms with van der Waals surface area (Å²) >= 11 is 0. The first-order valence-electron chi connectivity index (χ1n) is 11.8. The Bertz CT molecular complexity index is 1330. The van der Waals surface area contributed by atoms with Crippen LogP contribution in [0.25, 0.3) is 11.0 Å². The maximum absolute atomic E-state index is 13.0. The molecule has 7 nitrogen and oxygen atoms in total.